The summed E-state index contributed by atoms with van der Waals surface area (Å²) in [7, 11) is -0.853. The molecule has 0 radical (unpaired) electrons. The molecule has 1 heterocycles. The Hall–Kier alpha value is -3.24. The third-order valence-electron chi connectivity index (χ3n) is 4.09. The number of aromatic nitrogens is 2. The number of methoxy groups -OCH3 is 2. The van der Waals surface area contributed by atoms with Crippen molar-refractivity contribution in [1.29, 1.82) is 0 Å². The van der Waals surface area contributed by atoms with E-state index in [2.05, 4.69) is 14.9 Å². The molecule has 0 saturated heterocycles. The van der Waals surface area contributed by atoms with Crippen molar-refractivity contribution in [2.75, 3.05) is 27.4 Å². The van der Waals surface area contributed by atoms with E-state index >= 15 is 0 Å². The van der Waals surface area contributed by atoms with Crippen molar-refractivity contribution in [3.63, 3.8) is 0 Å². The van der Waals surface area contributed by atoms with Crippen LogP contribution in [0.1, 0.15) is 0 Å². The van der Waals surface area contributed by atoms with Gasteiger partial charge in [0.1, 0.15) is 12.4 Å². The molecule has 0 saturated carbocycles. The van der Waals surface area contributed by atoms with Crippen molar-refractivity contribution in [3.05, 3.63) is 60.4 Å². The Morgan fingerprint density at radius 2 is 1.67 bits per heavy atom. The van der Waals surface area contributed by atoms with Gasteiger partial charge >= 0.3 is 0 Å². The van der Waals surface area contributed by atoms with Crippen molar-refractivity contribution in [1.82, 2.24) is 14.9 Å². The zero-order valence-corrected chi connectivity index (χ0v) is 17.1. The van der Waals surface area contributed by atoms with E-state index in [1.165, 1.54) is 44.6 Å². The molecule has 0 unspecified atom stereocenters. The zero-order valence-electron chi connectivity index (χ0n) is 16.3. The SMILES string of the molecule is COc1ccc(S(=O)(=O)NCCOc2ccc(-c3ccc(F)cc3)nn2)cc1OC. The first-order valence-corrected chi connectivity index (χ1v) is 10.4. The highest BCUT2D eigenvalue weighted by Gasteiger charge is 2.16. The fraction of sp³-hybridized carbons (Fsp3) is 0.200. The maximum absolute atomic E-state index is 13.0. The summed E-state index contributed by atoms with van der Waals surface area (Å²) in [5.41, 5.74) is 1.29. The highest BCUT2D eigenvalue weighted by Crippen LogP contribution is 2.29. The van der Waals surface area contributed by atoms with Gasteiger partial charge in [-0.25, -0.2) is 17.5 Å². The molecule has 0 bridgehead atoms. The zero-order chi connectivity index (χ0) is 21.6. The van der Waals surface area contributed by atoms with Crippen molar-refractivity contribution >= 4 is 10.0 Å². The van der Waals surface area contributed by atoms with Crippen molar-refractivity contribution in [2.24, 2.45) is 0 Å². The van der Waals surface area contributed by atoms with Gasteiger partial charge in [0.15, 0.2) is 11.5 Å². The topological polar surface area (TPSA) is 99.6 Å². The molecule has 8 nitrogen and oxygen atoms in total. The smallest absolute Gasteiger partial charge is 0.240 e. The standard InChI is InChI=1S/C20H20FN3O5S/c1-27-18-9-7-16(13-19(18)28-2)30(25,26)22-11-12-29-20-10-8-17(23-24-20)14-3-5-15(21)6-4-14/h3-10,13,22H,11-12H2,1-2H3. The van der Waals surface area contributed by atoms with Crippen LogP contribution in [0.25, 0.3) is 11.3 Å². The van der Waals surface area contributed by atoms with Gasteiger partial charge in [-0.1, -0.05) is 0 Å². The Kier molecular flexibility index (Phi) is 6.80. The van der Waals surface area contributed by atoms with E-state index < -0.39 is 10.0 Å². The molecule has 1 N–H and O–H groups in total. The van der Waals surface area contributed by atoms with Crippen molar-refractivity contribution in [3.8, 4) is 28.6 Å². The average molecular weight is 433 g/mol. The summed E-state index contributed by atoms with van der Waals surface area (Å²) >= 11 is 0. The van der Waals surface area contributed by atoms with Gasteiger partial charge in [0.2, 0.25) is 15.9 Å². The second-order valence-corrected chi connectivity index (χ2v) is 7.79. The first-order chi connectivity index (χ1) is 14.4. The minimum Gasteiger partial charge on any atom is -0.493 e. The van der Waals surface area contributed by atoms with Gasteiger partial charge in [-0.15, -0.1) is 10.2 Å². The summed E-state index contributed by atoms with van der Waals surface area (Å²) in [6, 6.07) is 13.5. The quantitative estimate of drug-likeness (QED) is 0.518. The Morgan fingerprint density at radius 1 is 0.933 bits per heavy atom. The number of halogens is 1. The van der Waals surface area contributed by atoms with Crippen LogP contribution in [0.4, 0.5) is 4.39 Å². The van der Waals surface area contributed by atoms with E-state index in [1.807, 2.05) is 0 Å². The normalized spacial score (nSPS) is 11.2. The molecule has 0 fully saturated rings. The number of hydrogen-bond donors (Lipinski definition) is 1. The second-order valence-electron chi connectivity index (χ2n) is 6.03. The van der Waals surface area contributed by atoms with Gasteiger partial charge in [-0.3, -0.25) is 0 Å². The van der Waals surface area contributed by atoms with E-state index in [9.17, 15) is 12.8 Å². The number of sulfonamides is 1. The molecular weight excluding hydrogens is 413 g/mol. The van der Waals surface area contributed by atoms with Gasteiger partial charge in [0.05, 0.1) is 24.8 Å². The molecule has 0 aliphatic carbocycles. The predicted molar refractivity (Wildman–Crippen MR) is 108 cm³/mol. The summed E-state index contributed by atoms with van der Waals surface area (Å²) in [6.07, 6.45) is 0. The predicted octanol–water partition coefficient (Wildman–Crippen LogP) is 2.66. The molecule has 30 heavy (non-hydrogen) atoms. The number of ether oxygens (including phenoxy) is 3. The minimum atomic E-state index is -3.75. The fourth-order valence-electron chi connectivity index (χ4n) is 2.57. The molecule has 2 aromatic carbocycles. The van der Waals surface area contributed by atoms with Crippen LogP contribution in [0.5, 0.6) is 17.4 Å². The molecule has 0 atom stereocenters. The van der Waals surface area contributed by atoms with E-state index in [4.69, 9.17) is 14.2 Å². The summed E-state index contributed by atoms with van der Waals surface area (Å²) < 4.78 is 55.9. The minimum absolute atomic E-state index is 0.0259. The van der Waals surface area contributed by atoms with Crippen LogP contribution < -0.4 is 18.9 Å². The number of nitrogens with zero attached hydrogens (tertiary/aromatic N) is 2. The molecule has 3 rings (SSSR count). The molecule has 0 aliphatic heterocycles. The summed E-state index contributed by atoms with van der Waals surface area (Å²) in [5.74, 6) is 0.656. The first kappa shape index (κ1) is 21.5. The Morgan fingerprint density at radius 3 is 2.30 bits per heavy atom. The third-order valence-corrected chi connectivity index (χ3v) is 5.55. The molecule has 0 amide bonds. The first-order valence-electron chi connectivity index (χ1n) is 8.87. The van der Waals surface area contributed by atoms with Gasteiger partial charge in [-0.2, -0.15) is 0 Å². The van der Waals surface area contributed by atoms with Gasteiger partial charge < -0.3 is 14.2 Å². The van der Waals surface area contributed by atoms with Crippen molar-refractivity contribution in [2.45, 2.75) is 4.90 Å². The highest BCUT2D eigenvalue weighted by molar-refractivity contribution is 7.89. The van der Waals surface area contributed by atoms with Gasteiger partial charge in [0.25, 0.3) is 0 Å². The largest absolute Gasteiger partial charge is 0.493 e. The van der Waals surface area contributed by atoms with E-state index in [1.54, 1.807) is 24.3 Å². The van der Waals surface area contributed by atoms with Gasteiger partial charge in [-0.05, 0) is 42.5 Å². The van der Waals surface area contributed by atoms with Crippen LogP contribution >= 0.6 is 0 Å². The van der Waals surface area contributed by atoms with Crippen LogP contribution in [0.2, 0.25) is 0 Å². The van der Waals surface area contributed by atoms with E-state index in [-0.39, 0.29) is 29.7 Å². The Balaban J connectivity index is 1.54. The number of rotatable bonds is 9. The highest BCUT2D eigenvalue weighted by atomic mass is 32.2. The lowest BCUT2D eigenvalue weighted by Crippen LogP contribution is -2.28. The second kappa shape index (κ2) is 9.51. The fourth-order valence-corrected chi connectivity index (χ4v) is 3.60. The summed E-state index contributed by atoms with van der Waals surface area (Å²) in [4.78, 5) is 0.0450. The summed E-state index contributed by atoms with van der Waals surface area (Å²) in [5, 5.41) is 7.97. The molecule has 10 heteroatoms. The number of benzene rings is 2. The van der Waals surface area contributed by atoms with Crippen LogP contribution in [0.3, 0.4) is 0 Å². The van der Waals surface area contributed by atoms with Crippen LogP contribution in [-0.2, 0) is 10.0 Å². The van der Waals surface area contributed by atoms with E-state index in [0.29, 0.717) is 17.2 Å². The Bertz CT molecular complexity index is 1090. The number of hydrogen-bond acceptors (Lipinski definition) is 7. The molecule has 3 aromatic rings. The maximum Gasteiger partial charge on any atom is 0.240 e. The lowest BCUT2D eigenvalue weighted by Gasteiger charge is -2.11. The molecule has 1 aromatic heterocycles. The molecule has 0 spiro atoms. The monoisotopic (exact) mass is 433 g/mol. The third kappa shape index (κ3) is 5.22. The van der Waals surface area contributed by atoms with Gasteiger partial charge in [0, 0.05) is 24.2 Å². The maximum atomic E-state index is 13.0. The molecule has 0 aliphatic rings. The van der Waals surface area contributed by atoms with Crippen molar-refractivity contribution < 1.29 is 27.0 Å². The summed E-state index contributed by atoms with van der Waals surface area (Å²) in [6.45, 7) is 0.0785. The Labute approximate surface area is 173 Å². The lowest BCUT2D eigenvalue weighted by atomic mass is 10.1. The number of nitrogens with one attached hydrogen (secondary N) is 1. The van der Waals surface area contributed by atoms with Crippen LogP contribution in [0.15, 0.2) is 59.5 Å². The molecular formula is C20H20FN3O5S. The van der Waals surface area contributed by atoms with E-state index in [0.717, 1.165) is 5.56 Å². The molecule has 158 valence electrons. The average Bonchev–Trinajstić information content (AvgIpc) is 2.77. The van der Waals surface area contributed by atoms with Crippen LogP contribution in [0, 0.1) is 5.82 Å². The lowest BCUT2D eigenvalue weighted by molar-refractivity contribution is 0.307. The van der Waals surface area contributed by atoms with Crippen LogP contribution in [-0.4, -0.2) is 46.0 Å².